The summed E-state index contributed by atoms with van der Waals surface area (Å²) >= 11 is 0. The number of aliphatic hydroxyl groups is 1. The molecule has 5 nitrogen and oxygen atoms in total. The van der Waals surface area contributed by atoms with Gasteiger partial charge >= 0.3 is 5.97 Å². The number of benzene rings is 2. The van der Waals surface area contributed by atoms with Gasteiger partial charge in [0.2, 0.25) is 5.76 Å². The first kappa shape index (κ1) is 22.6. The van der Waals surface area contributed by atoms with E-state index in [0.29, 0.717) is 11.2 Å². The summed E-state index contributed by atoms with van der Waals surface area (Å²) in [5.74, 6) is -0.389. The number of ether oxygens (including phenoxy) is 1. The van der Waals surface area contributed by atoms with Gasteiger partial charge in [-0.15, -0.1) is 0 Å². The molecule has 31 heavy (non-hydrogen) atoms. The highest BCUT2D eigenvalue weighted by molar-refractivity contribution is 5.91. The second-order valence-electron chi connectivity index (χ2n) is 8.11. The molecule has 0 amide bonds. The number of furan rings is 1. The van der Waals surface area contributed by atoms with Crippen molar-refractivity contribution in [2.24, 2.45) is 0 Å². The third-order valence-corrected chi connectivity index (χ3v) is 6.18. The fourth-order valence-electron chi connectivity index (χ4n) is 4.10. The molecule has 2 N–H and O–H groups in total. The Hall–Kier alpha value is -3.05. The molecule has 164 valence electrons. The molecular weight excluding hydrogens is 392 g/mol. The lowest BCUT2D eigenvalue weighted by molar-refractivity contribution is 0.0665. The van der Waals surface area contributed by atoms with Gasteiger partial charge in [-0.05, 0) is 73.2 Å². The number of hydrogen-bond donors (Lipinski definition) is 2. The Balaban J connectivity index is 1.98. The van der Waals surface area contributed by atoms with E-state index >= 15 is 0 Å². The van der Waals surface area contributed by atoms with E-state index in [4.69, 9.17) is 9.15 Å². The highest BCUT2D eigenvalue weighted by atomic mass is 16.5. The maximum Gasteiger partial charge on any atom is 0.371 e. The monoisotopic (exact) mass is 422 g/mol. The van der Waals surface area contributed by atoms with Crippen LogP contribution in [0.15, 0.2) is 59.0 Å². The Morgan fingerprint density at radius 1 is 1.13 bits per heavy atom. The number of rotatable bonds is 9. The van der Waals surface area contributed by atoms with Crippen LogP contribution in [0, 0.1) is 6.92 Å². The highest BCUT2D eigenvalue weighted by Crippen LogP contribution is 2.41. The van der Waals surface area contributed by atoms with Crippen molar-refractivity contribution >= 4 is 16.9 Å². The first-order valence-electron chi connectivity index (χ1n) is 10.6. The molecule has 0 saturated carbocycles. The maximum absolute atomic E-state index is 11.3. The van der Waals surface area contributed by atoms with Gasteiger partial charge in [0, 0.05) is 10.8 Å². The van der Waals surface area contributed by atoms with Crippen LogP contribution in [0.4, 0.5) is 0 Å². The van der Waals surface area contributed by atoms with Crippen molar-refractivity contribution in [3.05, 3.63) is 77.1 Å². The molecule has 1 unspecified atom stereocenters. The number of carboxylic acid groups (broad SMARTS) is 1. The number of carboxylic acids is 1. The molecule has 1 atom stereocenters. The summed E-state index contributed by atoms with van der Waals surface area (Å²) in [6, 6.07) is 13.6. The van der Waals surface area contributed by atoms with E-state index in [-0.39, 0.29) is 17.8 Å². The van der Waals surface area contributed by atoms with Crippen molar-refractivity contribution in [2.75, 3.05) is 6.61 Å². The number of aryl methyl sites for hydroxylation is 1. The van der Waals surface area contributed by atoms with E-state index < -0.39 is 12.1 Å². The van der Waals surface area contributed by atoms with Crippen LogP contribution in [-0.4, -0.2) is 28.9 Å². The lowest BCUT2D eigenvalue weighted by atomic mass is 9.70. The predicted molar refractivity (Wildman–Crippen MR) is 122 cm³/mol. The zero-order valence-electron chi connectivity index (χ0n) is 18.6. The summed E-state index contributed by atoms with van der Waals surface area (Å²) in [6.45, 7) is 12.0. The standard InChI is InChI=1S/C26H30O5/c1-6-26(7-2,20-9-11-23-18(13-20)14-24(31-23)25(28)29)19-8-10-22(17(5)12-19)30-15-21(27)16(3)4/h8-14,21,27H,3,6-7,15H2,1-2,4-5H3,(H,28,29). The Labute approximate surface area is 183 Å². The minimum absolute atomic E-state index is 0.0555. The average molecular weight is 423 g/mol. The predicted octanol–water partition coefficient (Wildman–Crippen LogP) is 5.86. The van der Waals surface area contributed by atoms with Crippen LogP contribution < -0.4 is 4.74 Å². The second-order valence-corrected chi connectivity index (χ2v) is 8.11. The van der Waals surface area contributed by atoms with Gasteiger partial charge in [-0.25, -0.2) is 4.79 Å². The highest BCUT2D eigenvalue weighted by Gasteiger charge is 2.31. The first-order valence-corrected chi connectivity index (χ1v) is 10.6. The SMILES string of the molecule is C=C(C)C(O)COc1ccc(C(CC)(CC)c2ccc3oc(C(=O)O)cc3c2)cc1C. The van der Waals surface area contributed by atoms with Crippen LogP contribution in [0.25, 0.3) is 11.0 Å². The third kappa shape index (κ3) is 4.37. The third-order valence-electron chi connectivity index (χ3n) is 6.18. The molecule has 0 aliphatic heterocycles. The van der Waals surface area contributed by atoms with Crippen LogP contribution in [0.2, 0.25) is 0 Å². The van der Waals surface area contributed by atoms with E-state index in [2.05, 4.69) is 32.6 Å². The Bertz CT molecular complexity index is 1100. The first-order chi connectivity index (χ1) is 14.7. The van der Waals surface area contributed by atoms with Crippen molar-refractivity contribution in [2.45, 2.75) is 52.1 Å². The molecule has 0 bridgehead atoms. The van der Waals surface area contributed by atoms with Gasteiger partial charge in [-0.3, -0.25) is 0 Å². The molecule has 0 saturated heterocycles. The number of hydrogen-bond acceptors (Lipinski definition) is 4. The fourth-order valence-corrected chi connectivity index (χ4v) is 4.10. The van der Waals surface area contributed by atoms with E-state index in [1.165, 1.54) is 5.56 Å². The minimum atomic E-state index is -1.07. The zero-order valence-corrected chi connectivity index (χ0v) is 18.6. The molecule has 5 heteroatoms. The van der Waals surface area contributed by atoms with Gasteiger partial charge in [0.1, 0.15) is 24.0 Å². The second kappa shape index (κ2) is 8.98. The smallest absolute Gasteiger partial charge is 0.371 e. The lowest BCUT2D eigenvalue weighted by Gasteiger charge is -2.34. The van der Waals surface area contributed by atoms with Crippen LogP contribution in [0.5, 0.6) is 5.75 Å². The number of aromatic carboxylic acids is 1. The lowest BCUT2D eigenvalue weighted by Crippen LogP contribution is -2.26. The average Bonchev–Trinajstić information content (AvgIpc) is 3.18. The van der Waals surface area contributed by atoms with E-state index in [0.717, 1.165) is 35.1 Å². The molecule has 0 fully saturated rings. The molecule has 3 aromatic rings. The minimum Gasteiger partial charge on any atom is -0.490 e. The van der Waals surface area contributed by atoms with Gasteiger partial charge in [0.25, 0.3) is 0 Å². The van der Waals surface area contributed by atoms with E-state index in [9.17, 15) is 15.0 Å². The molecule has 0 radical (unpaired) electrons. The maximum atomic E-state index is 11.3. The van der Waals surface area contributed by atoms with Crippen molar-refractivity contribution in [1.29, 1.82) is 0 Å². The molecule has 2 aromatic carbocycles. The normalized spacial score (nSPS) is 12.7. The van der Waals surface area contributed by atoms with Gasteiger partial charge in [-0.2, -0.15) is 0 Å². The number of fused-ring (bicyclic) bond motifs is 1. The van der Waals surface area contributed by atoms with Crippen molar-refractivity contribution < 1.29 is 24.2 Å². The largest absolute Gasteiger partial charge is 0.490 e. The molecule has 0 aliphatic carbocycles. The summed E-state index contributed by atoms with van der Waals surface area (Å²) in [6.07, 6.45) is 1.07. The van der Waals surface area contributed by atoms with Crippen LogP contribution >= 0.6 is 0 Å². The molecule has 1 aromatic heterocycles. The van der Waals surface area contributed by atoms with Gasteiger partial charge in [0.15, 0.2) is 0 Å². The molecule has 0 aliphatic rings. The topological polar surface area (TPSA) is 79.9 Å². The van der Waals surface area contributed by atoms with Crippen molar-refractivity contribution in [3.63, 3.8) is 0 Å². The van der Waals surface area contributed by atoms with Crippen LogP contribution in [0.1, 0.15) is 60.9 Å². The Morgan fingerprint density at radius 2 is 1.77 bits per heavy atom. The van der Waals surface area contributed by atoms with E-state index in [1.807, 2.05) is 31.2 Å². The Morgan fingerprint density at radius 3 is 2.35 bits per heavy atom. The van der Waals surface area contributed by atoms with Crippen molar-refractivity contribution in [1.82, 2.24) is 0 Å². The van der Waals surface area contributed by atoms with Crippen LogP contribution in [-0.2, 0) is 5.41 Å². The molecular formula is C26H30O5. The summed E-state index contributed by atoms with van der Waals surface area (Å²) in [5.41, 5.74) is 4.30. The molecule has 1 heterocycles. The van der Waals surface area contributed by atoms with Gasteiger partial charge < -0.3 is 19.4 Å². The molecule has 0 spiro atoms. The summed E-state index contributed by atoms with van der Waals surface area (Å²) in [5, 5.41) is 19.9. The van der Waals surface area contributed by atoms with Gasteiger partial charge in [-0.1, -0.05) is 38.6 Å². The quantitative estimate of drug-likeness (QED) is 0.422. The summed E-state index contributed by atoms with van der Waals surface area (Å²) in [7, 11) is 0. The number of aliphatic hydroxyl groups excluding tert-OH is 1. The fraction of sp³-hybridized carbons (Fsp3) is 0.346. The van der Waals surface area contributed by atoms with Gasteiger partial charge in [0.05, 0.1) is 0 Å². The summed E-state index contributed by atoms with van der Waals surface area (Å²) < 4.78 is 11.2. The number of carbonyl (C=O) groups is 1. The molecule has 3 rings (SSSR count). The Kier molecular flexibility index (Phi) is 6.56. The van der Waals surface area contributed by atoms with Crippen LogP contribution in [0.3, 0.4) is 0 Å². The summed E-state index contributed by atoms with van der Waals surface area (Å²) in [4.78, 5) is 11.3. The van der Waals surface area contributed by atoms with E-state index in [1.54, 1.807) is 13.0 Å². The van der Waals surface area contributed by atoms with Crippen molar-refractivity contribution in [3.8, 4) is 5.75 Å². The zero-order chi connectivity index (χ0) is 22.8.